The van der Waals surface area contributed by atoms with Crippen LogP contribution in [0.1, 0.15) is 38.9 Å². The van der Waals surface area contributed by atoms with Gasteiger partial charge in [0, 0.05) is 30.9 Å². The molecule has 3 nitrogen and oxygen atoms in total. The maximum Gasteiger partial charge on any atom is 0.0807 e. The summed E-state index contributed by atoms with van der Waals surface area (Å²) in [7, 11) is 4.20. The predicted molar refractivity (Wildman–Crippen MR) is 87.3 cm³/mol. The van der Waals surface area contributed by atoms with Crippen LogP contribution in [0.2, 0.25) is 0 Å². The van der Waals surface area contributed by atoms with Crippen molar-refractivity contribution in [3.05, 3.63) is 29.8 Å². The summed E-state index contributed by atoms with van der Waals surface area (Å²) in [6.45, 7) is 9.51. The van der Waals surface area contributed by atoms with Crippen LogP contribution in [0.25, 0.3) is 0 Å². The molecule has 0 aromatic heterocycles. The Morgan fingerprint density at radius 3 is 2.30 bits per heavy atom. The van der Waals surface area contributed by atoms with E-state index in [9.17, 15) is 5.11 Å². The number of hydrogen-bond acceptors (Lipinski definition) is 3. The molecule has 1 aromatic carbocycles. The van der Waals surface area contributed by atoms with Crippen LogP contribution in [0.3, 0.4) is 0 Å². The van der Waals surface area contributed by atoms with Gasteiger partial charge in [-0.3, -0.25) is 0 Å². The van der Waals surface area contributed by atoms with Crippen molar-refractivity contribution in [2.45, 2.75) is 33.3 Å². The van der Waals surface area contributed by atoms with Crippen LogP contribution in [-0.4, -0.2) is 43.7 Å². The summed E-state index contributed by atoms with van der Waals surface area (Å²) in [6.07, 6.45) is 0.375. The average molecular weight is 278 g/mol. The van der Waals surface area contributed by atoms with Gasteiger partial charge < -0.3 is 14.9 Å². The summed E-state index contributed by atoms with van der Waals surface area (Å²) in [5, 5.41) is 10.2. The van der Waals surface area contributed by atoms with E-state index in [0.29, 0.717) is 5.92 Å². The van der Waals surface area contributed by atoms with Gasteiger partial charge in [0.25, 0.3) is 0 Å². The van der Waals surface area contributed by atoms with Crippen LogP contribution in [0, 0.1) is 5.92 Å². The Labute approximate surface area is 124 Å². The van der Waals surface area contributed by atoms with E-state index in [4.69, 9.17) is 0 Å². The summed E-state index contributed by atoms with van der Waals surface area (Å²) in [5.41, 5.74) is 2.23. The molecule has 1 atom stereocenters. The van der Waals surface area contributed by atoms with E-state index in [1.165, 1.54) is 5.69 Å². The second-order valence-electron chi connectivity index (χ2n) is 6.13. The van der Waals surface area contributed by atoms with Crippen molar-refractivity contribution in [1.82, 2.24) is 4.90 Å². The molecule has 0 aliphatic heterocycles. The van der Waals surface area contributed by atoms with Gasteiger partial charge in [-0.05, 0) is 32.5 Å². The Hall–Kier alpha value is -1.06. The van der Waals surface area contributed by atoms with Gasteiger partial charge >= 0.3 is 0 Å². The van der Waals surface area contributed by atoms with Gasteiger partial charge in [-0.2, -0.15) is 0 Å². The van der Waals surface area contributed by atoms with Gasteiger partial charge in [0.1, 0.15) is 0 Å². The zero-order chi connectivity index (χ0) is 15.1. The quantitative estimate of drug-likeness (QED) is 0.791. The van der Waals surface area contributed by atoms with Crippen LogP contribution in [-0.2, 0) is 0 Å². The van der Waals surface area contributed by atoms with E-state index in [2.05, 4.69) is 49.9 Å². The first-order chi connectivity index (χ1) is 9.45. The van der Waals surface area contributed by atoms with Crippen LogP contribution >= 0.6 is 0 Å². The number of aliphatic hydroxyl groups excluding tert-OH is 1. The molecule has 3 heteroatoms. The molecule has 0 aliphatic rings. The Kier molecular flexibility index (Phi) is 7.03. The zero-order valence-electron chi connectivity index (χ0n) is 13.6. The standard InChI is InChI=1S/C17H30N2O/c1-6-17(20)15-9-7-8-10-16(15)19(13-14(2)3)12-11-18(4)5/h7-10,14,17,20H,6,11-13H2,1-5H3/t17-/m0/s1. The Morgan fingerprint density at radius 2 is 1.75 bits per heavy atom. The minimum absolute atomic E-state index is 0.375. The molecule has 0 aliphatic carbocycles. The molecule has 0 spiro atoms. The molecule has 0 bridgehead atoms. The molecule has 0 amide bonds. The lowest BCUT2D eigenvalue weighted by molar-refractivity contribution is 0.174. The molecule has 1 aromatic rings. The van der Waals surface area contributed by atoms with Gasteiger partial charge in [0.2, 0.25) is 0 Å². The third-order valence-electron chi connectivity index (χ3n) is 3.43. The molecular formula is C17H30N2O. The first kappa shape index (κ1) is 17.0. The van der Waals surface area contributed by atoms with Crippen molar-refractivity contribution in [3.8, 4) is 0 Å². The molecule has 1 N–H and O–H groups in total. The molecule has 20 heavy (non-hydrogen) atoms. The molecule has 0 saturated carbocycles. The third-order valence-corrected chi connectivity index (χ3v) is 3.43. The molecule has 0 radical (unpaired) electrons. The summed E-state index contributed by atoms with van der Waals surface area (Å²) < 4.78 is 0. The monoisotopic (exact) mass is 278 g/mol. The number of rotatable bonds is 8. The second kappa shape index (κ2) is 8.28. The number of anilines is 1. The first-order valence-electron chi connectivity index (χ1n) is 7.62. The van der Waals surface area contributed by atoms with Crippen LogP contribution in [0.4, 0.5) is 5.69 Å². The van der Waals surface area contributed by atoms with E-state index in [1.54, 1.807) is 0 Å². The smallest absolute Gasteiger partial charge is 0.0807 e. The van der Waals surface area contributed by atoms with Crippen LogP contribution < -0.4 is 4.90 Å². The van der Waals surface area contributed by atoms with Gasteiger partial charge in [0.05, 0.1) is 6.10 Å². The number of aliphatic hydroxyl groups is 1. The minimum atomic E-state index is -0.375. The largest absolute Gasteiger partial charge is 0.388 e. The number of hydrogen-bond donors (Lipinski definition) is 1. The number of nitrogens with zero attached hydrogens (tertiary/aromatic N) is 2. The highest BCUT2D eigenvalue weighted by Gasteiger charge is 2.16. The Balaban J connectivity index is 2.99. The zero-order valence-corrected chi connectivity index (χ0v) is 13.6. The average Bonchev–Trinajstić information content (AvgIpc) is 2.42. The highest BCUT2D eigenvalue weighted by Crippen LogP contribution is 2.28. The lowest BCUT2D eigenvalue weighted by Gasteiger charge is -2.31. The van der Waals surface area contributed by atoms with E-state index in [1.807, 2.05) is 19.1 Å². The molecule has 0 heterocycles. The topological polar surface area (TPSA) is 26.7 Å². The molecule has 0 fully saturated rings. The van der Waals surface area contributed by atoms with Crippen molar-refractivity contribution in [1.29, 1.82) is 0 Å². The molecular weight excluding hydrogens is 248 g/mol. The van der Waals surface area contributed by atoms with Gasteiger partial charge in [-0.25, -0.2) is 0 Å². The van der Waals surface area contributed by atoms with E-state index >= 15 is 0 Å². The predicted octanol–water partition coefficient (Wildman–Crippen LogP) is 3.15. The first-order valence-corrected chi connectivity index (χ1v) is 7.62. The molecule has 0 unspecified atom stereocenters. The third kappa shape index (κ3) is 5.14. The minimum Gasteiger partial charge on any atom is -0.388 e. The summed E-state index contributed by atoms with van der Waals surface area (Å²) in [5.74, 6) is 0.601. The number of para-hydroxylation sites is 1. The fraction of sp³-hybridized carbons (Fsp3) is 0.647. The van der Waals surface area contributed by atoms with Crippen molar-refractivity contribution in [3.63, 3.8) is 0 Å². The SMILES string of the molecule is CC[C@H](O)c1ccccc1N(CCN(C)C)CC(C)C. The fourth-order valence-electron chi connectivity index (χ4n) is 2.35. The second-order valence-corrected chi connectivity index (χ2v) is 6.13. The summed E-state index contributed by atoms with van der Waals surface area (Å²) in [6, 6.07) is 8.25. The van der Waals surface area contributed by atoms with Crippen molar-refractivity contribution < 1.29 is 5.11 Å². The number of likely N-dealkylation sites (N-methyl/N-ethyl adjacent to an activating group) is 1. The number of benzene rings is 1. The van der Waals surface area contributed by atoms with Crippen molar-refractivity contribution >= 4 is 5.69 Å². The lowest BCUT2D eigenvalue weighted by Crippen LogP contribution is -2.35. The fourth-order valence-corrected chi connectivity index (χ4v) is 2.35. The maximum absolute atomic E-state index is 10.2. The Bertz CT molecular complexity index is 390. The highest BCUT2D eigenvalue weighted by molar-refractivity contribution is 5.54. The lowest BCUT2D eigenvalue weighted by atomic mass is 10.0. The van der Waals surface area contributed by atoms with Gasteiger partial charge in [0.15, 0.2) is 0 Å². The Morgan fingerprint density at radius 1 is 1.10 bits per heavy atom. The highest BCUT2D eigenvalue weighted by atomic mass is 16.3. The van der Waals surface area contributed by atoms with E-state index in [-0.39, 0.29) is 6.10 Å². The molecule has 0 saturated heterocycles. The van der Waals surface area contributed by atoms with Crippen molar-refractivity contribution in [2.75, 3.05) is 38.6 Å². The van der Waals surface area contributed by atoms with Gasteiger partial charge in [-0.1, -0.05) is 39.0 Å². The molecule has 1 rings (SSSR count). The van der Waals surface area contributed by atoms with Crippen LogP contribution in [0.5, 0.6) is 0 Å². The summed E-state index contributed by atoms with van der Waals surface area (Å²) >= 11 is 0. The summed E-state index contributed by atoms with van der Waals surface area (Å²) in [4.78, 5) is 4.60. The van der Waals surface area contributed by atoms with Crippen LogP contribution in [0.15, 0.2) is 24.3 Å². The van der Waals surface area contributed by atoms with E-state index in [0.717, 1.165) is 31.6 Å². The van der Waals surface area contributed by atoms with Gasteiger partial charge in [-0.15, -0.1) is 0 Å². The normalized spacial score (nSPS) is 13.0. The van der Waals surface area contributed by atoms with E-state index < -0.39 is 0 Å². The maximum atomic E-state index is 10.2. The molecule has 114 valence electrons. The van der Waals surface area contributed by atoms with Crippen molar-refractivity contribution in [2.24, 2.45) is 5.92 Å².